The van der Waals surface area contributed by atoms with E-state index in [0.29, 0.717) is 0 Å². The van der Waals surface area contributed by atoms with Gasteiger partial charge in [-0.1, -0.05) is 127 Å². The maximum atomic E-state index is 6.88. The second-order valence-corrected chi connectivity index (χ2v) is 13.6. The summed E-state index contributed by atoms with van der Waals surface area (Å²) in [7, 11) is 0. The van der Waals surface area contributed by atoms with Crippen LogP contribution in [0.2, 0.25) is 0 Å². The standard InChI is InChI=1S/C49H31NO2/c1-4-15-32(16-5-1)49(33-17-6-2-7-18-33)41-23-12-10-21-36(41)38-30-40-47(31-42(38)49)52-46-26-14-24-43(48(40)46)50(34-19-8-3-9-20-34)35-27-28-45-39(29-35)37-22-11-13-25-44(37)51-45/h1-31H. The highest BCUT2D eigenvalue weighted by atomic mass is 16.3. The smallest absolute Gasteiger partial charge is 0.137 e. The molecule has 0 saturated carbocycles. The largest absolute Gasteiger partial charge is 0.456 e. The minimum atomic E-state index is -0.497. The second-order valence-electron chi connectivity index (χ2n) is 13.6. The third-order valence-corrected chi connectivity index (χ3v) is 10.9. The molecule has 0 spiro atoms. The fourth-order valence-electron chi connectivity index (χ4n) is 8.79. The van der Waals surface area contributed by atoms with Crippen molar-refractivity contribution in [2.24, 2.45) is 0 Å². The predicted octanol–water partition coefficient (Wildman–Crippen LogP) is 13.3. The van der Waals surface area contributed by atoms with E-state index in [0.717, 1.165) is 60.9 Å². The highest BCUT2D eigenvalue weighted by molar-refractivity contribution is 6.16. The third-order valence-electron chi connectivity index (χ3n) is 10.9. The molecule has 0 radical (unpaired) electrons. The first kappa shape index (κ1) is 28.9. The Balaban J connectivity index is 1.20. The van der Waals surface area contributed by atoms with Crippen LogP contribution in [-0.2, 0) is 5.41 Å². The first-order valence-electron chi connectivity index (χ1n) is 17.8. The third kappa shape index (κ3) is 4.02. The van der Waals surface area contributed by atoms with E-state index in [1.54, 1.807) is 0 Å². The van der Waals surface area contributed by atoms with Crippen LogP contribution in [0.25, 0.3) is 55.0 Å². The van der Waals surface area contributed by atoms with E-state index >= 15 is 0 Å². The van der Waals surface area contributed by atoms with Gasteiger partial charge in [-0.05, 0) is 94.0 Å². The molecule has 8 aromatic carbocycles. The van der Waals surface area contributed by atoms with Gasteiger partial charge >= 0.3 is 0 Å². The fourth-order valence-corrected chi connectivity index (χ4v) is 8.79. The van der Waals surface area contributed by atoms with Crippen molar-refractivity contribution in [3.63, 3.8) is 0 Å². The van der Waals surface area contributed by atoms with Crippen molar-refractivity contribution < 1.29 is 8.83 Å². The van der Waals surface area contributed by atoms with Crippen LogP contribution in [0.15, 0.2) is 197 Å². The molecule has 2 aromatic heterocycles. The summed E-state index contributed by atoms with van der Waals surface area (Å²) in [5.74, 6) is 0. The van der Waals surface area contributed by atoms with Crippen LogP contribution >= 0.6 is 0 Å². The molecular weight excluding hydrogens is 635 g/mol. The molecule has 0 amide bonds. The number of rotatable bonds is 5. The summed E-state index contributed by atoms with van der Waals surface area (Å²) in [4.78, 5) is 2.35. The van der Waals surface area contributed by atoms with Crippen molar-refractivity contribution >= 4 is 60.9 Å². The first-order chi connectivity index (χ1) is 25.8. The molecule has 3 heteroatoms. The zero-order valence-electron chi connectivity index (χ0n) is 28.2. The van der Waals surface area contributed by atoms with Crippen LogP contribution in [-0.4, -0.2) is 0 Å². The van der Waals surface area contributed by atoms with Crippen molar-refractivity contribution in [2.75, 3.05) is 4.90 Å². The Hall–Kier alpha value is -6.84. The van der Waals surface area contributed by atoms with Crippen LogP contribution in [0.1, 0.15) is 22.3 Å². The average molecular weight is 666 g/mol. The number of para-hydroxylation sites is 2. The Morgan fingerprint density at radius 1 is 0.365 bits per heavy atom. The van der Waals surface area contributed by atoms with Gasteiger partial charge in [-0.3, -0.25) is 0 Å². The van der Waals surface area contributed by atoms with Gasteiger partial charge in [0.1, 0.15) is 22.3 Å². The lowest BCUT2D eigenvalue weighted by Gasteiger charge is -2.33. The SMILES string of the molecule is c1ccc(N(c2ccc3oc4ccccc4c3c2)c2cccc3oc4cc5c(cc4c23)-c2ccccc2C5(c2ccccc2)c2ccccc2)cc1. The molecule has 0 fully saturated rings. The minimum absolute atomic E-state index is 0.497. The Kier molecular flexibility index (Phi) is 6.17. The van der Waals surface area contributed by atoms with Crippen LogP contribution in [0, 0.1) is 0 Å². The van der Waals surface area contributed by atoms with Gasteiger partial charge in [-0.25, -0.2) is 0 Å². The van der Waals surface area contributed by atoms with Crippen molar-refractivity contribution in [1.82, 2.24) is 0 Å². The molecule has 0 saturated heterocycles. The molecule has 0 bridgehead atoms. The number of nitrogens with zero attached hydrogens (tertiary/aromatic N) is 1. The molecule has 10 aromatic rings. The molecule has 244 valence electrons. The number of anilines is 3. The van der Waals surface area contributed by atoms with Crippen LogP contribution in [0.4, 0.5) is 17.1 Å². The van der Waals surface area contributed by atoms with E-state index in [9.17, 15) is 0 Å². The van der Waals surface area contributed by atoms with Crippen molar-refractivity contribution in [3.05, 3.63) is 210 Å². The molecule has 52 heavy (non-hydrogen) atoms. The van der Waals surface area contributed by atoms with Crippen molar-refractivity contribution in [1.29, 1.82) is 0 Å². The predicted molar refractivity (Wildman–Crippen MR) is 213 cm³/mol. The van der Waals surface area contributed by atoms with Crippen molar-refractivity contribution in [2.45, 2.75) is 5.41 Å². The lowest BCUT2D eigenvalue weighted by atomic mass is 9.67. The first-order valence-corrected chi connectivity index (χ1v) is 17.8. The number of hydrogen-bond donors (Lipinski definition) is 0. The average Bonchev–Trinajstić information content (AvgIpc) is 3.86. The van der Waals surface area contributed by atoms with E-state index in [4.69, 9.17) is 8.83 Å². The second kappa shape index (κ2) is 11.1. The summed E-state index contributed by atoms with van der Waals surface area (Å²) < 4.78 is 13.1. The van der Waals surface area contributed by atoms with Gasteiger partial charge in [0.2, 0.25) is 0 Å². The number of furan rings is 2. The summed E-state index contributed by atoms with van der Waals surface area (Å²) in [6.45, 7) is 0. The monoisotopic (exact) mass is 665 g/mol. The highest BCUT2D eigenvalue weighted by Gasteiger charge is 2.46. The summed E-state index contributed by atoms with van der Waals surface area (Å²) in [6.07, 6.45) is 0. The molecular formula is C49H31NO2. The van der Waals surface area contributed by atoms with E-state index in [1.807, 2.05) is 12.1 Å². The molecule has 3 nitrogen and oxygen atoms in total. The summed E-state index contributed by atoms with van der Waals surface area (Å²) in [6, 6.07) is 67.1. The summed E-state index contributed by atoms with van der Waals surface area (Å²) in [5.41, 5.74) is 13.6. The normalized spacial score (nSPS) is 13.2. The summed E-state index contributed by atoms with van der Waals surface area (Å²) >= 11 is 0. The lowest BCUT2D eigenvalue weighted by Crippen LogP contribution is -2.28. The van der Waals surface area contributed by atoms with Crippen LogP contribution < -0.4 is 4.90 Å². The van der Waals surface area contributed by atoms with Gasteiger partial charge < -0.3 is 13.7 Å². The van der Waals surface area contributed by atoms with E-state index in [2.05, 4.69) is 181 Å². The van der Waals surface area contributed by atoms with Gasteiger partial charge in [-0.2, -0.15) is 0 Å². The quantitative estimate of drug-likeness (QED) is 0.183. The Morgan fingerprint density at radius 2 is 1.00 bits per heavy atom. The van der Waals surface area contributed by atoms with E-state index < -0.39 is 5.41 Å². The lowest BCUT2D eigenvalue weighted by molar-refractivity contribution is 0.666. The summed E-state index contributed by atoms with van der Waals surface area (Å²) in [5, 5.41) is 4.36. The fraction of sp³-hybridized carbons (Fsp3) is 0.0204. The maximum Gasteiger partial charge on any atom is 0.137 e. The van der Waals surface area contributed by atoms with Crippen LogP contribution in [0.5, 0.6) is 0 Å². The van der Waals surface area contributed by atoms with Crippen molar-refractivity contribution in [3.8, 4) is 11.1 Å². The Labute approximate surface area is 300 Å². The molecule has 0 aliphatic heterocycles. The topological polar surface area (TPSA) is 29.5 Å². The molecule has 1 aliphatic rings. The zero-order chi connectivity index (χ0) is 34.2. The number of benzene rings is 8. The molecule has 11 rings (SSSR count). The number of fused-ring (bicyclic) bond motifs is 9. The van der Waals surface area contributed by atoms with E-state index in [1.165, 1.54) is 33.4 Å². The maximum absolute atomic E-state index is 6.88. The van der Waals surface area contributed by atoms with Crippen LogP contribution in [0.3, 0.4) is 0 Å². The highest BCUT2D eigenvalue weighted by Crippen LogP contribution is 2.57. The minimum Gasteiger partial charge on any atom is -0.456 e. The Bertz CT molecular complexity index is 2920. The molecule has 1 aliphatic carbocycles. The van der Waals surface area contributed by atoms with Gasteiger partial charge in [0.25, 0.3) is 0 Å². The van der Waals surface area contributed by atoms with Gasteiger partial charge in [0, 0.05) is 27.5 Å². The number of hydrogen-bond acceptors (Lipinski definition) is 3. The van der Waals surface area contributed by atoms with Gasteiger partial charge in [0.15, 0.2) is 0 Å². The molecule has 2 heterocycles. The van der Waals surface area contributed by atoms with Gasteiger partial charge in [0.05, 0.1) is 16.5 Å². The molecule has 0 N–H and O–H groups in total. The molecule has 0 atom stereocenters. The zero-order valence-corrected chi connectivity index (χ0v) is 28.2. The Morgan fingerprint density at radius 3 is 1.79 bits per heavy atom. The van der Waals surface area contributed by atoms with Gasteiger partial charge in [-0.15, -0.1) is 0 Å². The molecule has 0 unspecified atom stereocenters. The van der Waals surface area contributed by atoms with E-state index in [-0.39, 0.29) is 0 Å².